The molecule has 0 aromatic heterocycles. The number of hydrogen-bond acceptors (Lipinski definition) is 1. The molecule has 0 heterocycles. The lowest BCUT2D eigenvalue weighted by Gasteiger charge is -2.13. The lowest BCUT2D eigenvalue weighted by molar-refractivity contribution is 0.504. The Balaban J connectivity index is 2.26. The maximum absolute atomic E-state index is 10.3. The average Bonchev–Trinajstić information content (AvgIpc) is 2.49. The molecular formula is C15H12O. The van der Waals surface area contributed by atoms with Crippen molar-refractivity contribution in [2.45, 2.75) is 0 Å². The molecule has 0 saturated carbocycles. The fraction of sp³-hybridized carbons (Fsp3) is 0.0667. The Labute approximate surface area is 94.7 Å². The van der Waals surface area contributed by atoms with Crippen LogP contribution in [0.25, 0.3) is 11.8 Å². The van der Waals surface area contributed by atoms with Crippen LogP contribution in [0.5, 0.6) is 0 Å². The van der Waals surface area contributed by atoms with Crippen molar-refractivity contribution in [3.8, 4) is 0 Å². The molecule has 1 atom stereocenters. The summed E-state index contributed by atoms with van der Waals surface area (Å²) in [5, 5.41) is 10.3. The van der Waals surface area contributed by atoms with E-state index in [1.54, 1.807) is 0 Å². The standard InChI is InChI=1S/C15H12O/c16-15-13-7-3-1-5-11(13)9-10-12-6-2-4-8-14(12)15/h1-11,16H. The predicted octanol–water partition coefficient (Wildman–Crippen LogP) is 3.72. The molecule has 2 aliphatic carbocycles. The SMILES string of the molecule is OC1=C2C=CC=CC2C=Cc2ccccc21. The van der Waals surface area contributed by atoms with E-state index >= 15 is 0 Å². The van der Waals surface area contributed by atoms with E-state index in [0.29, 0.717) is 5.76 Å². The van der Waals surface area contributed by atoms with E-state index in [9.17, 15) is 5.11 Å². The minimum Gasteiger partial charge on any atom is -0.507 e. The number of rotatable bonds is 0. The number of aliphatic hydroxyl groups excluding tert-OH is 1. The van der Waals surface area contributed by atoms with Crippen LogP contribution in [0, 0.1) is 5.92 Å². The van der Waals surface area contributed by atoms with E-state index in [1.807, 2.05) is 42.5 Å². The molecule has 0 spiro atoms. The van der Waals surface area contributed by atoms with Crippen LogP contribution >= 0.6 is 0 Å². The van der Waals surface area contributed by atoms with Gasteiger partial charge in [-0.3, -0.25) is 0 Å². The molecule has 78 valence electrons. The van der Waals surface area contributed by atoms with Gasteiger partial charge in [-0.15, -0.1) is 0 Å². The topological polar surface area (TPSA) is 20.2 Å². The van der Waals surface area contributed by atoms with Gasteiger partial charge >= 0.3 is 0 Å². The van der Waals surface area contributed by atoms with Gasteiger partial charge in [0.05, 0.1) is 0 Å². The summed E-state index contributed by atoms with van der Waals surface area (Å²) in [6.07, 6.45) is 12.2. The van der Waals surface area contributed by atoms with Gasteiger partial charge in [0.2, 0.25) is 0 Å². The molecule has 1 heteroatoms. The highest BCUT2D eigenvalue weighted by Crippen LogP contribution is 2.33. The average molecular weight is 208 g/mol. The molecule has 1 aromatic rings. The maximum atomic E-state index is 10.3. The molecule has 3 rings (SSSR count). The van der Waals surface area contributed by atoms with Crippen molar-refractivity contribution < 1.29 is 5.11 Å². The molecule has 0 saturated heterocycles. The van der Waals surface area contributed by atoms with Gasteiger partial charge in [-0.05, 0) is 5.56 Å². The molecule has 0 fully saturated rings. The Morgan fingerprint density at radius 2 is 1.81 bits per heavy atom. The van der Waals surface area contributed by atoms with Crippen LogP contribution in [0.4, 0.5) is 0 Å². The normalized spacial score (nSPS) is 21.6. The first-order chi connectivity index (χ1) is 7.86. The quantitative estimate of drug-likeness (QED) is 0.688. The molecule has 0 radical (unpaired) electrons. The van der Waals surface area contributed by atoms with Gasteiger partial charge in [-0.2, -0.15) is 0 Å². The van der Waals surface area contributed by atoms with E-state index < -0.39 is 0 Å². The summed E-state index contributed by atoms with van der Waals surface area (Å²) in [7, 11) is 0. The van der Waals surface area contributed by atoms with Gasteiger partial charge < -0.3 is 5.11 Å². The van der Waals surface area contributed by atoms with Gasteiger partial charge in [-0.1, -0.05) is 60.7 Å². The number of allylic oxidation sites excluding steroid dienone is 6. The third-order valence-corrected chi connectivity index (χ3v) is 3.04. The first kappa shape index (κ1) is 9.22. The minimum atomic E-state index is 0.192. The van der Waals surface area contributed by atoms with Crippen molar-refractivity contribution in [2.75, 3.05) is 0 Å². The van der Waals surface area contributed by atoms with Crippen LogP contribution in [0.15, 0.2) is 60.2 Å². The summed E-state index contributed by atoms with van der Waals surface area (Å²) < 4.78 is 0. The van der Waals surface area contributed by atoms with Crippen LogP contribution in [-0.4, -0.2) is 5.11 Å². The van der Waals surface area contributed by atoms with E-state index in [0.717, 1.165) is 16.7 Å². The zero-order valence-electron chi connectivity index (χ0n) is 8.80. The second-order valence-electron chi connectivity index (χ2n) is 4.02. The van der Waals surface area contributed by atoms with Crippen molar-refractivity contribution in [3.05, 3.63) is 71.3 Å². The molecule has 1 nitrogen and oxygen atoms in total. The zero-order chi connectivity index (χ0) is 11.0. The minimum absolute atomic E-state index is 0.192. The summed E-state index contributed by atoms with van der Waals surface area (Å²) in [5.74, 6) is 0.587. The number of fused-ring (bicyclic) bond motifs is 2. The van der Waals surface area contributed by atoms with Crippen LogP contribution in [-0.2, 0) is 0 Å². The highest BCUT2D eigenvalue weighted by molar-refractivity contribution is 5.77. The molecule has 1 unspecified atom stereocenters. The molecule has 1 N–H and O–H groups in total. The van der Waals surface area contributed by atoms with Gasteiger partial charge in [0, 0.05) is 17.1 Å². The molecular weight excluding hydrogens is 196 g/mol. The van der Waals surface area contributed by atoms with Gasteiger partial charge in [0.25, 0.3) is 0 Å². The van der Waals surface area contributed by atoms with Crippen molar-refractivity contribution in [1.29, 1.82) is 0 Å². The fourth-order valence-corrected chi connectivity index (χ4v) is 2.18. The summed E-state index contributed by atoms with van der Waals surface area (Å²) >= 11 is 0. The zero-order valence-corrected chi connectivity index (χ0v) is 8.80. The molecule has 0 amide bonds. The largest absolute Gasteiger partial charge is 0.507 e. The third-order valence-electron chi connectivity index (χ3n) is 3.04. The number of benzene rings is 1. The first-order valence-corrected chi connectivity index (χ1v) is 5.42. The lowest BCUT2D eigenvalue weighted by Crippen LogP contribution is -2.00. The Kier molecular flexibility index (Phi) is 2.03. The van der Waals surface area contributed by atoms with Gasteiger partial charge in [0.15, 0.2) is 0 Å². The maximum Gasteiger partial charge on any atom is 0.127 e. The fourth-order valence-electron chi connectivity index (χ4n) is 2.18. The molecule has 0 aliphatic heterocycles. The highest BCUT2D eigenvalue weighted by atomic mass is 16.3. The van der Waals surface area contributed by atoms with Crippen LogP contribution in [0.1, 0.15) is 11.1 Å². The molecule has 16 heavy (non-hydrogen) atoms. The molecule has 0 bridgehead atoms. The van der Waals surface area contributed by atoms with Crippen molar-refractivity contribution in [2.24, 2.45) is 5.92 Å². The lowest BCUT2D eigenvalue weighted by atomic mass is 9.93. The summed E-state index contributed by atoms with van der Waals surface area (Å²) in [5.41, 5.74) is 2.96. The van der Waals surface area contributed by atoms with E-state index in [1.165, 1.54) is 0 Å². The number of aliphatic hydroxyl groups is 1. The van der Waals surface area contributed by atoms with Crippen molar-refractivity contribution in [3.63, 3.8) is 0 Å². The van der Waals surface area contributed by atoms with E-state index in [4.69, 9.17) is 0 Å². The Morgan fingerprint density at radius 1 is 0.938 bits per heavy atom. The second kappa shape index (κ2) is 3.53. The second-order valence-corrected chi connectivity index (χ2v) is 4.02. The summed E-state index contributed by atoms with van der Waals surface area (Å²) in [4.78, 5) is 0. The summed E-state index contributed by atoms with van der Waals surface area (Å²) in [6, 6.07) is 7.91. The Hall–Kier alpha value is -2.02. The van der Waals surface area contributed by atoms with Crippen molar-refractivity contribution >= 4 is 11.8 Å². The van der Waals surface area contributed by atoms with Crippen LogP contribution in [0.2, 0.25) is 0 Å². The third kappa shape index (κ3) is 1.33. The van der Waals surface area contributed by atoms with Gasteiger partial charge in [0.1, 0.15) is 5.76 Å². The monoisotopic (exact) mass is 208 g/mol. The smallest absolute Gasteiger partial charge is 0.127 e. The molecule has 1 aromatic carbocycles. The Morgan fingerprint density at radius 3 is 2.75 bits per heavy atom. The highest BCUT2D eigenvalue weighted by Gasteiger charge is 2.18. The first-order valence-electron chi connectivity index (χ1n) is 5.42. The van der Waals surface area contributed by atoms with Crippen molar-refractivity contribution in [1.82, 2.24) is 0 Å². The molecule has 2 aliphatic rings. The van der Waals surface area contributed by atoms with Crippen LogP contribution in [0.3, 0.4) is 0 Å². The van der Waals surface area contributed by atoms with E-state index in [2.05, 4.69) is 18.2 Å². The van der Waals surface area contributed by atoms with Gasteiger partial charge in [-0.25, -0.2) is 0 Å². The Bertz CT molecular complexity index is 544. The number of hydrogen-bond donors (Lipinski definition) is 1. The summed E-state index contributed by atoms with van der Waals surface area (Å²) in [6.45, 7) is 0. The van der Waals surface area contributed by atoms with E-state index in [-0.39, 0.29) is 5.92 Å². The predicted molar refractivity (Wildman–Crippen MR) is 66.8 cm³/mol. The van der Waals surface area contributed by atoms with Crippen LogP contribution < -0.4 is 0 Å².